The minimum absolute atomic E-state index is 0.0955. The van der Waals surface area contributed by atoms with Crippen molar-refractivity contribution in [2.24, 2.45) is 5.92 Å². The van der Waals surface area contributed by atoms with Crippen molar-refractivity contribution in [3.05, 3.63) is 29.3 Å². The average molecular weight is 229 g/mol. The van der Waals surface area contributed by atoms with Crippen LogP contribution in [0.5, 0.6) is 0 Å². The van der Waals surface area contributed by atoms with Crippen molar-refractivity contribution in [3.63, 3.8) is 0 Å². The Morgan fingerprint density at radius 1 is 1.25 bits per heavy atom. The van der Waals surface area contributed by atoms with Crippen molar-refractivity contribution < 1.29 is 13.2 Å². The molecule has 0 saturated heterocycles. The highest BCUT2D eigenvalue weighted by molar-refractivity contribution is 5.55. The van der Waals surface area contributed by atoms with E-state index in [-0.39, 0.29) is 5.69 Å². The third-order valence-electron chi connectivity index (χ3n) is 3.24. The Kier molecular flexibility index (Phi) is 2.82. The van der Waals surface area contributed by atoms with Gasteiger partial charge in [-0.15, -0.1) is 0 Å². The summed E-state index contributed by atoms with van der Waals surface area (Å²) in [4.78, 5) is 0. The first kappa shape index (κ1) is 11.3. The van der Waals surface area contributed by atoms with Crippen LogP contribution in [0.25, 0.3) is 0 Å². The Morgan fingerprint density at radius 2 is 1.94 bits per heavy atom. The van der Waals surface area contributed by atoms with E-state index in [9.17, 15) is 13.2 Å². The van der Waals surface area contributed by atoms with Gasteiger partial charge in [-0.2, -0.15) is 13.2 Å². The van der Waals surface area contributed by atoms with Gasteiger partial charge < -0.3 is 5.73 Å². The van der Waals surface area contributed by atoms with E-state index in [4.69, 9.17) is 5.73 Å². The lowest BCUT2D eigenvalue weighted by Crippen LogP contribution is -2.16. The smallest absolute Gasteiger partial charge is 0.398 e. The molecule has 0 heterocycles. The first-order valence-corrected chi connectivity index (χ1v) is 5.43. The van der Waals surface area contributed by atoms with E-state index in [0.29, 0.717) is 17.9 Å². The largest absolute Gasteiger partial charge is 0.418 e. The summed E-state index contributed by atoms with van der Waals surface area (Å²) in [6.45, 7) is 0. The first-order chi connectivity index (χ1) is 7.48. The molecule has 1 fully saturated rings. The molecule has 2 rings (SSSR count). The topological polar surface area (TPSA) is 26.0 Å². The zero-order chi connectivity index (χ0) is 11.8. The van der Waals surface area contributed by atoms with Crippen LogP contribution in [-0.2, 0) is 12.6 Å². The van der Waals surface area contributed by atoms with Crippen LogP contribution < -0.4 is 5.73 Å². The van der Waals surface area contributed by atoms with E-state index in [2.05, 4.69) is 0 Å². The van der Waals surface area contributed by atoms with Crippen LogP contribution in [0.4, 0.5) is 18.9 Å². The number of alkyl halides is 3. The predicted octanol–water partition coefficient (Wildman–Crippen LogP) is 3.63. The van der Waals surface area contributed by atoms with Gasteiger partial charge in [0.15, 0.2) is 0 Å². The molecule has 0 aromatic heterocycles. The number of rotatable bonds is 2. The van der Waals surface area contributed by atoms with Gasteiger partial charge in [-0.05, 0) is 24.0 Å². The van der Waals surface area contributed by atoms with Crippen LogP contribution in [0.15, 0.2) is 18.2 Å². The number of para-hydroxylation sites is 1. The second-order valence-corrected chi connectivity index (χ2v) is 4.38. The summed E-state index contributed by atoms with van der Waals surface area (Å²) in [6, 6.07) is 4.18. The van der Waals surface area contributed by atoms with Crippen molar-refractivity contribution >= 4 is 5.69 Å². The maximum atomic E-state index is 12.6. The highest BCUT2D eigenvalue weighted by Gasteiger charge is 2.33. The third-order valence-corrected chi connectivity index (χ3v) is 3.24. The van der Waals surface area contributed by atoms with E-state index >= 15 is 0 Å². The van der Waals surface area contributed by atoms with E-state index < -0.39 is 11.7 Å². The zero-order valence-corrected chi connectivity index (χ0v) is 8.85. The van der Waals surface area contributed by atoms with Gasteiger partial charge in [0.05, 0.1) is 5.56 Å². The number of anilines is 1. The van der Waals surface area contributed by atoms with Gasteiger partial charge in [0, 0.05) is 5.69 Å². The standard InChI is InChI=1S/C12H14F3N/c13-12(14,15)10-6-2-5-9(11(10)16)7-8-3-1-4-8/h2,5-6,8H,1,3-4,7,16H2. The lowest BCUT2D eigenvalue weighted by Gasteiger charge is -2.26. The fourth-order valence-electron chi connectivity index (χ4n) is 2.05. The normalized spacial score (nSPS) is 17.2. The molecule has 2 N–H and O–H groups in total. The molecule has 1 saturated carbocycles. The highest BCUT2D eigenvalue weighted by Crippen LogP contribution is 2.37. The van der Waals surface area contributed by atoms with Crippen molar-refractivity contribution in [1.29, 1.82) is 0 Å². The van der Waals surface area contributed by atoms with Gasteiger partial charge in [0.1, 0.15) is 0 Å². The number of halogens is 3. The van der Waals surface area contributed by atoms with Gasteiger partial charge in [-0.25, -0.2) is 0 Å². The highest BCUT2D eigenvalue weighted by atomic mass is 19.4. The van der Waals surface area contributed by atoms with Crippen LogP contribution in [0, 0.1) is 5.92 Å². The lowest BCUT2D eigenvalue weighted by molar-refractivity contribution is -0.136. The van der Waals surface area contributed by atoms with E-state index in [1.54, 1.807) is 6.07 Å². The zero-order valence-electron chi connectivity index (χ0n) is 8.85. The van der Waals surface area contributed by atoms with Crippen molar-refractivity contribution in [2.45, 2.75) is 31.9 Å². The van der Waals surface area contributed by atoms with Gasteiger partial charge in [-0.3, -0.25) is 0 Å². The monoisotopic (exact) mass is 229 g/mol. The van der Waals surface area contributed by atoms with Gasteiger partial charge >= 0.3 is 6.18 Å². The molecule has 1 aliphatic rings. The third kappa shape index (κ3) is 2.15. The molecule has 88 valence electrons. The summed E-state index contributed by atoms with van der Waals surface area (Å²) in [6.07, 6.45) is -0.273. The summed E-state index contributed by atoms with van der Waals surface area (Å²) in [7, 11) is 0. The van der Waals surface area contributed by atoms with Crippen molar-refractivity contribution in [2.75, 3.05) is 5.73 Å². The van der Waals surface area contributed by atoms with Crippen LogP contribution in [0.2, 0.25) is 0 Å². The second kappa shape index (κ2) is 4.00. The SMILES string of the molecule is Nc1c(CC2CCC2)cccc1C(F)(F)F. The number of benzene rings is 1. The fourth-order valence-corrected chi connectivity index (χ4v) is 2.05. The van der Waals surface area contributed by atoms with Crippen LogP contribution in [0.1, 0.15) is 30.4 Å². The van der Waals surface area contributed by atoms with Crippen molar-refractivity contribution in [3.8, 4) is 0 Å². The Bertz CT molecular complexity index is 380. The molecule has 0 bridgehead atoms. The number of hydrogen-bond donors (Lipinski definition) is 1. The molecule has 1 nitrogen and oxygen atoms in total. The van der Waals surface area contributed by atoms with E-state index in [1.807, 2.05) is 0 Å². The minimum Gasteiger partial charge on any atom is -0.398 e. The lowest BCUT2D eigenvalue weighted by atomic mass is 9.80. The summed E-state index contributed by atoms with van der Waals surface area (Å²) < 4.78 is 37.7. The molecular formula is C12H14F3N. The van der Waals surface area contributed by atoms with Crippen molar-refractivity contribution in [1.82, 2.24) is 0 Å². The predicted molar refractivity (Wildman–Crippen MR) is 56.9 cm³/mol. The molecule has 16 heavy (non-hydrogen) atoms. The average Bonchev–Trinajstić information content (AvgIpc) is 2.11. The summed E-state index contributed by atoms with van der Waals surface area (Å²) >= 11 is 0. The van der Waals surface area contributed by atoms with Gasteiger partial charge in [-0.1, -0.05) is 31.4 Å². The Hall–Kier alpha value is -1.19. The molecule has 4 heteroatoms. The summed E-state index contributed by atoms with van der Waals surface area (Å²) in [5.41, 5.74) is 5.42. The molecule has 0 unspecified atom stereocenters. The van der Waals surface area contributed by atoms with Gasteiger partial charge in [0.25, 0.3) is 0 Å². The fraction of sp³-hybridized carbons (Fsp3) is 0.500. The molecule has 0 spiro atoms. The van der Waals surface area contributed by atoms with Crippen LogP contribution >= 0.6 is 0 Å². The molecule has 1 aromatic carbocycles. The maximum Gasteiger partial charge on any atom is 0.418 e. The molecule has 1 aliphatic carbocycles. The van der Waals surface area contributed by atoms with E-state index in [1.165, 1.54) is 12.5 Å². The molecule has 0 amide bonds. The second-order valence-electron chi connectivity index (χ2n) is 4.38. The van der Waals surface area contributed by atoms with Crippen LogP contribution in [0.3, 0.4) is 0 Å². The quantitative estimate of drug-likeness (QED) is 0.770. The Morgan fingerprint density at radius 3 is 2.44 bits per heavy atom. The molecule has 0 aliphatic heterocycles. The number of hydrogen-bond acceptors (Lipinski definition) is 1. The van der Waals surface area contributed by atoms with Crippen LogP contribution in [-0.4, -0.2) is 0 Å². The Balaban J connectivity index is 2.25. The first-order valence-electron chi connectivity index (χ1n) is 5.43. The Labute approximate surface area is 92.5 Å². The summed E-state index contributed by atoms with van der Waals surface area (Å²) in [5, 5.41) is 0. The number of nitrogen functional groups attached to an aromatic ring is 1. The van der Waals surface area contributed by atoms with E-state index in [0.717, 1.165) is 18.9 Å². The van der Waals surface area contributed by atoms with Gasteiger partial charge in [0.2, 0.25) is 0 Å². The number of nitrogens with two attached hydrogens (primary N) is 1. The minimum atomic E-state index is -4.35. The molecular weight excluding hydrogens is 215 g/mol. The molecule has 0 radical (unpaired) electrons. The molecule has 0 atom stereocenters. The summed E-state index contributed by atoms with van der Waals surface area (Å²) in [5.74, 6) is 0.519. The molecule has 1 aromatic rings. The maximum absolute atomic E-state index is 12.6.